The van der Waals surface area contributed by atoms with Gasteiger partial charge in [-0.1, -0.05) is 11.8 Å². The summed E-state index contributed by atoms with van der Waals surface area (Å²) in [6.45, 7) is 0. The van der Waals surface area contributed by atoms with Gasteiger partial charge in [0.25, 0.3) is 5.69 Å². The molecule has 0 saturated carbocycles. The Morgan fingerprint density at radius 1 is 1.53 bits per heavy atom. The number of amides is 1. The average molecular weight is 237 g/mol. The quantitative estimate of drug-likeness (QED) is 0.338. The molecule has 0 saturated heterocycles. The number of benzene rings is 1. The van der Waals surface area contributed by atoms with Crippen LogP contribution in [-0.2, 0) is 4.79 Å². The van der Waals surface area contributed by atoms with E-state index in [2.05, 4.69) is 11.8 Å². The van der Waals surface area contributed by atoms with Gasteiger partial charge in [0.2, 0.25) is 5.91 Å². The van der Waals surface area contributed by atoms with Crippen LogP contribution in [0.1, 0.15) is 12.0 Å². The number of rotatable bonds is 2. The van der Waals surface area contributed by atoms with Gasteiger partial charge in [-0.3, -0.25) is 14.9 Å². The van der Waals surface area contributed by atoms with Gasteiger partial charge >= 0.3 is 0 Å². The summed E-state index contributed by atoms with van der Waals surface area (Å²) >= 11 is 0. The Labute approximate surface area is 95.6 Å². The fourth-order valence-corrected chi connectivity index (χ4v) is 1.06. The highest BCUT2D eigenvalue weighted by Gasteiger charge is 2.16. The summed E-state index contributed by atoms with van der Waals surface area (Å²) < 4.78 is 13.2. The fraction of sp³-hybridized carbons (Fsp3) is 0.100. The highest BCUT2D eigenvalue weighted by atomic mass is 19.1. The predicted molar refractivity (Wildman–Crippen MR) is 58.2 cm³/mol. The van der Waals surface area contributed by atoms with Crippen LogP contribution in [0.4, 0.5) is 15.8 Å². The predicted octanol–water partition coefficient (Wildman–Crippen LogP) is 0.543. The highest BCUT2D eigenvalue weighted by Crippen LogP contribution is 2.25. The second-order valence-electron chi connectivity index (χ2n) is 3.09. The summed E-state index contributed by atoms with van der Waals surface area (Å²) in [6, 6.07) is 1.99. The number of nitrogen functional groups attached to an aromatic ring is 1. The largest absolute Gasteiger partial charge is 0.391 e. The number of nitro groups is 1. The van der Waals surface area contributed by atoms with E-state index in [4.69, 9.17) is 11.5 Å². The van der Waals surface area contributed by atoms with E-state index < -0.39 is 28.0 Å². The molecule has 0 aliphatic heterocycles. The maximum Gasteiger partial charge on any atom is 0.296 e. The lowest BCUT2D eigenvalue weighted by Gasteiger charge is -1.99. The van der Waals surface area contributed by atoms with Crippen molar-refractivity contribution in [2.24, 2.45) is 5.73 Å². The molecule has 0 aliphatic rings. The Bertz CT molecular complexity index is 546. The maximum absolute atomic E-state index is 13.2. The van der Waals surface area contributed by atoms with Crippen molar-refractivity contribution in [3.05, 3.63) is 33.6 Å². The van der Waals surface area contributed by atoms with Crippen LogP contribution in [0.3, 0.4) is 0 Å². The number of hydrogen-bond acceptors (Lipinski definition) is 4. The molecule has 1 aromatic rings. The van der Waals surface area contributed by atoms with E-state index >= 15 is 0 Å². The number of anilines is 1. The number of hydrogen-bond donors (Lipinski definition) is 2. The van der Waals surface area contributed by atoms with Crippen molar-refractivity contribution in [1.29, 1.82) is 0 Å². The lowest BCUT2D eigenvalue weighted by molar-refractivity contribution is -0.384. The zero-order valence-electron chi connectivity index (χ0n) is 8.57. The van der Waals surface area contributed by atoms with E-state index in [1.54, 1.807) is 0 Å². The number of halogens is 1. The normalized spacial score (nSPS) is 9.24. The topological polar surface area (TPSA) is 112 Å². The van der Waals surface area contributed by atoms with Crippen LogP contribution < -0.4 is 11.5 Å². The Balaban J connectivity index is 3.13. The van der Waals surface area contributed by atoms with Crippen LogP contribution in [0.25, 0.3) is 0 Å². The van der Waals surface area contributed by atoms with Crippen LogP contribution in [0.2, 0.25) is 0 Å². The Morgan fingerprint density at radius 2 is 2.18 bits per heavy atom. The first-order valence-electron chi connectivity index (χ1n) is 4.42. The first kappa shape index (κ1) is 12.4. The molecule has 0 aromatic heterocycles. The van der Waals surface area contributed by atoms with E-state index in [1.165, 1.54) is 0 Å². The molecule has 0 bridgehead atoms. The molecular formula is C10H8FN3O3. The molecule has 1 aromatic carbocycles. The average Bonchev–Trinajstić information content (AvgIpc) is 2.22. The molecule has 7 heteroatoms. The van der Waals surface area contributed by atoms with Crippen molar-refractivity contribution in [3.63, 3.8) is 0 Å². The molecule has 88 valence electrons. The molecular weight excluding hydrogens is 229 g/mol. The molecule has 6 nitrogen and oxygen atoms in total. The van der Waals surface area contributed by atoms with Crippen molar-refractivity contribution in [3.8, 4) is 11.8 Å². The minimum absolute atomic E-state index is 0.0599. The van der Waals surface area contributed by atoms with Crippen LogP contribution in [0, 0.1) is 27.8 Å². The van der Waals surface area contributed by atoms with Crippen LogP contribution >= 0.6 is 0 Å². The summed E-state index contributed by atoms with van der Waals surface area (Å²) in [4.78, 5) is 20.1. The summed E-state index contributed by atoms with van der Waals surface area (Å²) in [5.74, 6) is 3.18. The van der Waals surface area contributed by atoms with E-state index in [9.17, 15) is 19.3 Å². The van der Waals surface area contributed by atoms with Crippen molar-refractivity contribution < 1.29 is 14.1 Å². The zero-order valence-corrected chi connectivity index (χ0v) is 8.57. The van der Waals surface area contributed by atoms with Gasteiger partial charge in [-0.25, -0.2) is 4.39 Å². The zero-order chi connectivity index (χ0) is 13.0. The maximum atomic E-state index is 13.2. The van der Waals surface area contributed by atoms with Gasteiger partial charge in [0.1, 0.15) is 5.69 Å². The minimum Gasteiger partial charge on any atom is -0.391 e. The summed E-state index contributed by atoms with van der Waals surface area (Å²) in [7, 11) is 0. The Morgan fingerprint density at radius 3 is 2.71 bits per heavy atom. The van der Waals surface area contributed by atoms with E-state index in [0.717, 1.165) is 12.1 Å². The standard InChI is InChI=1S/C10H8FN3O3/c11-7-4-6(2-1-3-9(12)15)5-8(10(7)13)14(16)17/h4-5H,3,13H2,(H2,12,15). The van der Waals surface area contributed by atoms with Crippen LogP contribution in [0.5, 0.6) is 0 Å². The van der Waals surface area contributed by atoms with Crippen molar-refractivity contribution in [2.45, 2.75) is 6.42 Å². The first-order valence-corrected chi connectivity index (χ1v) is 4.42. The van der Waals surface area contributed by atoms with Crippen LogP contribution in [-0.4, -0.2) is 10.8 Å². The van der Waals surface area contributed by atoms with Gasteiger partial charge in [0.05, 0.1) is 11.3 Å². The molecule has 0 fully saturated rings. The number of nitrogens with zero attached hydrogens (tertiary/aromatic N) is 1. The van der Waals surface area contributed by atoms with E-state index in [-0.39, 0.29) is 12.0 Å². The first-order chi connectivity index (χ1) is 7.91. The molecule has 0 unspecified atom stereocenters. The molecule has 0 aliphatic carbocycles. The number of nitro benzene ring substituents is 1. The second kappa shape index (κ2) is 4.94. The third kappa shape index (κ3) is 3.17. The molecule has 0 heterocycles. The smallest absolute Gasteiger partial charge is 0.296 e. The lowest BCUT2D eigenvalue weighted by atomic mass is 10.1. The van der Waals surface area contributed by atoms with Crippen molar-refractivity contribution >= 4 is 17.3 Å². The molecule has 0 atom stereocenters. The van der Waals surface area contributed by atoms with Crippen LogP contribution in [0.15, 0.2) is 12.1 Å². The van der Waals surface area contributed by atoms with Crippen molar-refractivity contribution in [2.75, 3.05) is 5.73 Å². The van der Waals surface area contributed by atoms with Gasteiger partial charge in [-0.15, -0.1) is 0 Å². The molecule has 17 heavy (non-hydrogen) atoms. The fourth-order valence-electron chi connectivity index (χ4n) is 1.06. The number of carbonyl (C=O) groups excluding carboxylic acids is 1. The molecule has 1 rings (SSSR count). The van der Waals surface area contributed by atoms with Gasteiger partial charge in [-0.2, -0.15) is 0 Å². The molecule has 0 radical (unpaired) electrons. The minimum atomic E-state index is -0.928. The third-order valence-corrected chi connectivity index (χ3v) is 1.80. The van der Waals surface area contributed by atoms with E-state index in [0.29, 0.717) is 0 Å². The van der Waals surface area contributed by atoms with Gasteiger partial charge in [0, 0.05) is 11.6 Å². The summed E-state index contributed by atoms with van der Waals surface area (Å²) in [5.41, 5.74) is 8.99. The summed E-state index contributed by atoms with van der Waals surface area (Å²) in [5, 5.41) is 10.5. The summed E-state index contributed by atoms with van der Waals surface area (Å²) in [6.07, 6.45) is -0.209. The monoisotopic (exact) mass is 237 g/mol. The van der Waals surface area contributed by atoms with E-state index in [1.807, 2.05) is 0 Å². The Kier molecular flexibility index (Phi) is 3.62. The highest BCUT2D eigenvalue weighted by molar-refractivity contribution is 5.76. The Hall–Kier alpha value is -2.62. The molecule has 1 amide bonds. The number of carbonyl (C=O) groups is 1. The lowest BCUT2D eigenvalue weighted by Crippen LogP contribution is -2.08. The SMILES string of the molecule is NC(=O)CC#Cc1cc(F)c(N)c([N+](=O)[O-])c1. The van der Waals surface area contributed by atoms with Crippen molar-refractivity contribution in [1.82, 2.24) is 0 Å². The van der Waals surface area contributed by atoms with Gasteiger partial charge < -0.3 is 11.5 Å². The second-order valence-corrected chi connectivity index (χ2v) is 3.09. The molecule has 0 spiro atoms. The third-order valence-electron chi connectivity index (χ3n) is 1.80. The number of nitrogens with two attached hydrogens (primary N) is 2. The number of primary amides is 1. The van der Waals surface area contributed by atoms with Gasteiger partial charge in [-0.05, 0) is 6.07 Å². The van der Waals surface area contributed by atoms with Gasteiger partial charge in [0.15, 0.2) is 5.82 Å². The molecule has 4 N–H and O–H groups in total.